The van der Waals surface area contributed by atoms with E-state index in [4.69, 9.17) is 0 Å². The lowest BCUT2D eigenvalue weighted by Crippen LogP contribution is -2.27. The van der Waals surface area contributed by atoms with Crippen molar-refractivity contribution in [3.8, 4) is 12.8 Å². The fourth-order valence-corrected chi connectivity index (χ4v) is 2.67. The molecule has 0 unspecified atom stereocenters. The zero-order valence-corrected chi connectivity index (χ0v) is 16.6. The minimum atomic E-state index is -0.181. The van der Waals surface area contributed by atoms with Gasteiger partial charge < -0.3 is 10.2 Å². The highest BCUT2D eigenvalue weighted by molar-refractivity contribution is 6.04. The van der Waals surface area contributed by atoms with Crippen LogP contribution in [-0.2, 0) is 0 Å². The highest BCUT2D eigenvalue weighted by Gasteiger charge is 2.11. The Labute approximate surface area is 161 Å². The average molecular weight is 364 g/mol. The predicted octanol–water partition coefficient (Wildman–Crippen LogP) is 2.82. The summed E-state index contributed by atoms with van der Waals surface area (Å²) < 4.78 is 0. The molecule has 0 fully saturated rings. The summed E-state index contributed by atoms with van der Waals surface area (Å²) in [4.78, 5) is 23.4. The van der Waals surface area contributed by atoms with Crippen LogP contribution in [0.5, 0.6) is 0 Å². The molecule has 0 aliphatic rings. The van der Waals surface area contributed by atoms with E-state index in [-0.39, 0.29) is 5.91 Å². The fourth-order valence-electron chi connectivity index (χ4n) is 2.67. The number of aromatic nitrogens is 2. The average Bonchev–Trinajstić information content (AvgIpc) is 2.73. The predicted molar refractivity (Wildman–Crippen MR) is 114 cm³/mol. The molecule has 142 valence electrons. The van der Waals surface area contributed by atoms with Crippen LogP contribution in [0.25, 0.3) is 12.2 Å². The van der Waals surface area contributed by atoms with Gasteiger partial charge in [-0.2, -0.15) is 0 Å². The van der Waals surface area contributed by atoms with Crippen LogP contribution in [-0.4, -0.2) is 29.0 Å². The van der Waals surface area contributed by atoms with Gasteiger partial charge in [-0.05, 0) is 55.8 Å². The third-order valence-electron chi connectivity index (χ3n) is 4.04. The summed E-state index contributed by atoms with van der Waals surface area (Å²) in [5, 5.41) is 4.96. The number of carbonyl (C=O) groups is 1. The molecule has 2 aromatic heterocycles. The molecule has 0 bridgehead atoms. The van der Waals surface area contributed by atoms with Crippen molar-refractivity contribution in [3.05, 3.63) is 46.6 Å². The van der Waals surface area contributed by atoms with Crippen LogP contribution >= 0.6 is 0 Å². The van der Waals surface area contributed by atoms with E-state index in [0.29, 0.717) is 11.4 Å². The van der Waals surface area contributed by atoms with Gasteiger partial charge in [0.2, 0.25) is 0 Å². The van der Waals surface area contributed by atoms with Crippen molar-refractivity contribution in [2.75, 3.05) is 23.3 Å². The van der Waals surface area contributed by atoms with Crippen molar-refractivity contribution < 1.29 is 4.79 Å². The third-order valence-corrected chi connectivity index (χ3v) is 4.04. The van der Waals surface area contributed by atoms with E-state index in [2.05, 4.69) is 46.9 Å². The van der Waals surface area contributed by atoms with Crippen LogP contribution < -0.4 is 20.7 Å². The van der Waals surface area contributed by atoms with Crippen LogP contribution in [0.15, 0.2) is 30.6 Å². The summed E-state index contributed by atoms with van der Waals surface area (Å²) in [5.74, 6) is 1.19. The van der Waals surface area contributed by atoms with Crippen LogP contribution in [0.1, 0.15) is 44.5 Å². The van der Waals surface area contributed by atoms with Crippen molar-refractivity contribution in [3.63, 3.8) is 0 Å². The van der Waals surface area contributed by atoms with Gasteiger partial charge >= 0.3 is 0 Å². The molecular weight excluding hydrogens is 336 g/mol. The first-order valence-corrected chi connectivity index (χ1v) is 9.07. The highest BCUT2D eigenvalue weighted by atomic mass is 16.1. The Morgan fingerprint density at radius 3 is 2.44 bits per heavy atom. The smallest absolute Gasteiger partial charge is 0.257 e. The second-order valence-electron chi connectivity index (χ2n) is 5.71. The molecule has 1 amide bonds. The molecule has 0 aromatic carbocycles. The van der Waals surface area contributed by atoms with E-state index < -0.39 is 0 Å². The van der Waals surface area contributed by atoms with Crippen LogP contribution in [0.2, 0.25) is 0 Å². The summed E-state index contributed by atoms with van der Waals surface area (Å²) >= 11 is 0. The maximum atomic E-state index is 12.6. The molecule has 1 N–H and O–H groups in total. The van der Waals surface area contributed by atoms with Gasteiger partial charge in [-0.15, -0.1) is 12.8 Å². The van der Waals surface area contributed by atoms with Gasteiger partial charge in [-0.25, -0.2) is 9.97 Å². The van der Waals surface area contributed by atoms with E-state index in [9.17, 15) is 4.79 Å². The topological polar surface area (TPSA) is 58.1 Å². The Morgan fingerprint density at radius 1 is 1.15 bits per heavy atom. The number of terminal acetylenes is 1. The minimum Gasteiger partial charge on any atom is -0.357 e. The maximum absolute atomic E-state index is 12.6. The maximum Gasteiger partial charge on any atom is 0.257 e. The van der Waals surface area contributed by atoms with Gasteiger partial charge in [-0.1, -0.05) is 19.1 Å². The van der Waals surface area contributed by atoms with Crippen molar-refractivity contribution in [1.29, 1.82) is 0 Å². The zero-order chi connectivity index (χ0) is 20.2. The number of rotatable bonds is 6. The monoisotopic (exact) mass is 364 g/mol. The second-order valence-corrected chi connectivity index (χ2v) is 5.71. The molecule has 27 heavy (non-hydrogen) atoms. The standard InChI is InChI=1S/C20H26N4O.C2H2/c1-5-11-24(8-4)19-13-17(9-10-21-19)20(25)23-18-12-15(6-2)16(7-3)14-22-18;1-2/h6-7,9-10,12-14H,5,8,11H2,1-4H3,(H,23,25);1-2H/b15-6-,16-7-;. The molecule has 0 atom stereocenters. The van der Waals surface area contributed by atoms with E-state index in [1.165, 1.54) is 0 Å². The molecular formula is C22H28N4O. The summed E-state index contributed by atoms with van der Waals surface area (Å²) in [5.41, 5.74) is 0.578. The summed E-state index contributed by atoms with van der Waals surface area (Å²) in [6.07, 6.45) is 16.5. The first-order valence-electron chi connectivity index (χ1n) is 9.07. The van der Waals surface area contributed by atoms with E-state index in [1.54, 1.807) is 18.5 Å². The van der Waals surface area contributed by atoms with Gasteiger partial charge in [-0.3, -0.25) is 4.79 Å². The lowest BCUT2D eigenvalue weighted by molar-refractivity contribution is 0.102. The molecule has 0 radical (unpaired) electrons. The van der Waals surface area contributed by atoms with E-state index in [1.807, 2.05) is 38.1 Å². The normalized spacial score (nSPS) is 11.5. The van der Waals surface area contributed by atoms with E-state index in [0.717, 1.165) is 35.8 Å². The number of nitrogens with zero attached hydrogens (tertiary/aromatic N) is 3. The Balaban J connectivity index is 0.00000176. The Morgan fingerprint density at radius 2 is 1.85 bits per heavy atom. The van der Waals surface area contributed by atoms with Crippen LogP contribution in [0.3, 0.4) is 0 Å². The van der Waals surface area contributed by atoms with Gasteiger partial charge in [0.15, 0.2) is 0 Å². The molecule has 5 heteroatoms. The summed E-state index contributed by atoms with van der Waals surface area (Å²) in [6, 6.07) is 5.43. The van der Waals surface area contributed by atoms with Crippen molar-refractivity contribution in [2.45, 2.75) is 34.1 Å². The van der Waals surface area contributed by atoms with E-state index >= 15 is 0 Å². The molecule has 2 heterocycles. The lowest BCUT2D eigenvalue weighted by atomic mass is 10.2. The number of amides is 1. The molecule has 5 nitrogen and oxygen atoms in total. The number of carbonyl (C=O) groups excluding carboxylic acids is 1. The van der Waals surface area contributed by atoms with Gasteiger partial charge in [0, 0.05) is 31.0 Å². The Hall–Kier alpha value is -3.13. The molecule has 2 rings (SSSR count). The molecule has 0 saturated heterocycles. The summed E-state index contributed by atoms with van der Waals surface area (Å²) in [6.45, 7) is 9.93. The number of pyridine rings is 2. The largest absolute Gasteiger partial charge is 0.357 e. The van der Waals surface area contributed by atoms with Gasteiger partial charge in [0.05, 0.1) is 0 Å². The minimum absolute atomic E-state index is 0.181. The molecule has 0 aliphatic carbocycles. The molecule has 2 aromatic rings. The van der Waals surface area contributed by atoms with Gasteiger partial charge in [0.1, 0.15) is 11.6 Å². The lowest BCUT2D eigenvalue weighted by Gasteiger charge is -2.21. The van der Waals surface area contributed by atoms with Crippen molar-refractivity contribution >= 4 is 29.7 Å². The second kappa shape index (κ2) is 11.5. The Bertz CT molecular complexity index is 887. The molecule has 0 saturated carbocycles. The van der Waals surface area contributed by atoms with Crippen molar-refractivity contribution in [2.24, 2.45) is 0 Å². The summed E-state index contributed by atoms with van der Waals surface area (Å²) in [7, 11) is 0. The Kier molecular flexibility index (Phi) is 9.32. The fraction of sp³-hybridized carbons (Fsp3) is 0.318. The number of nitrogens with one attached hydrogen (secondary N) is 1. The highest BCUT2D eigenvalue weighted by Crippen LogP contribution is 2.14. The van der Waals surface area contributed by atoms with Gasteiger partial charge in [0.25, 0.3) is 5.91 Å². The number of hydrogen-bond acceptors (Lipinski definition) is 4. The quantitative estimate of drug-likeness (QED) is 0.801. The first-order chi connectivity index (χ1) is 13.1. The van der Waals surface area contributed by atoms with Crippen LogP contribution in [0, 0.1) is 12.8 Å². The number of hydrogen-bond donors (Lipinski definition) is 1. The SMILES string of the molecule is C#C.C/C=c1/cc(NC(=O)c2ccnc(N(CC)CCC)c2)nc/c1=C/C. The van der Waals surface area contributed by atoms with Crippen LogP contribution in [0.4, 0.5) is 11.6 Å². The number of anilines is 2. The van der Waals surface area contributed by atoms with Crippen molar-refractivity contribution in [1.82, 2.24) is 9.97 Å². The third kappa shape index (κ3) is 5.96. The molecule has 0 aliphatic heterocycles. The first kappa shape index (κ1) is 21.9. The molecule has 0 spiro atoms. The zero-order valence-electron chi connectivity index (χ0n) is 16.6.